The first-order valence-electron chi connectivity index (χ1n) is 8.97. The molecular formula is C20H24N4O3. The number of aromatic hydroxyl groups is 1. The van der Waals surface area contributed by atoms with E-state index < -0.39 is 5.91 Å². The minimum atomic E-state index is -0.547. The number of carbonyl (C=O) groups is 2. The maximum absolute atomic E-state index is 12.1. The normalized spacial score (nSPS) is 15.3. The van der Waals surface area contributed by atoms with Crippen molar-refractivity contribution < 1.29 is 14.7 Å². The van der Waals surface area contributed by atoms with Crippen LogP contribution >= 0.6 is 0 Å². The van der Waals surface area contributed by atoms with Crippen LogP contribution in [0.5, 0.6) is 5.75 Å². The maximum Gasteiger partial charge on any atom is 0.273 e. The second-order valence-corrected chi connectivity index (χ2v) is 6.56. The standard InChI is InChI=1S/C20H24N4O3/c25-18-9-5-4-8-17(18)20(27)22-21-19(26)15-24-12-10-23(11-13-24)14-16-6-2-1-3-7-16/h1-9,25H,10-15H2,(H,21,26)(H,22,27). The van der Waals surface area contributed by atoms with Crippen LogP contribution in [0.3, 0.4) is 0 Å². The highest BCUT2D eigenvalue weighted by Crippen LogP contribution is 2.14. The van der Waals surface area contributed by atoms with Gasteiger partial charge >= 0.3 is 0 Å². The minimum absolute atomic E-state index is 0.118. The summed E-state index contributed by atoms with van der Waals surface area (Å²) in [6.07, 6.45) is 0. The third-order valence-corrected chi connectivity index (χ3v) is 4.55. The van der Waals surface area contributed by atoms with Gasteiger partial charge in [-0.25, -0.2) is 0 Å². The number of piperazine rings is 1. The smallest absolute Gasteiger partial charge is 0.273 e. The Kier molecular flexibility index (Phi) is 6.40. The highest BCUT2D eigenvalue weighted by atomic mass is 16.3. The summed E-state index contributed by atoms with van der Waals surface area (Å²) in [6.45, 7) is 4.53. The zero-order valence-electron chi connectivity index (χ0n) is 15.1. The van der Waals surface area contributed by atoms with Crippen LogP contribution in [0.4, 0.5) is 0 Å². The number of benzene rings is 2. The van der Waals surface area contributed by atoms with Crippen LogP contribution in [-0.4, -0.2) is 59.4 Å². The van der Waals surface area contributed by atoms with E-state index in [4.69, 9.17) is 0 Å². The number of para-hydroxylation sites is 1. The lowest BCUT2D eigenvalue weighted by atomic mass is 10.2. The molecule has 142 valence electrons. The van der Waals surface area contributed by atoms with Crippen LogP contribution in [-0.2, 0) is 11.3 Å². The maximum atomic E-state index is 12.1. The van der Waals surface area contributed by atoms with Gasteiger partial charge in [0.05, 0.1) is 12.1 Å². The number of amides is 2. The summed E-state index contributed by atoms with van der Waals surface area (Å²) in [7, 11) is 0. The first kappa shape index (κ1) is 18.9. The molecule has 0 atom stereocenters. The first-order valence-corrected chi connectivity index (χ1v) is 8.97. The van der Waals surface area contributed by atoms with E-state index >= 15 is 0 Å². The van der Waals surface area contributed by atoms with Gasteiger partial charge in [-0.2, -0.15) is 0 Å². The molecule has 7 nitrogen and oxygen atoms in total. The molecule has 7 heteroatoms. The molecule has 0 aliphatic carbocycles. The number of hydrazine groups is 1. The van der Waals surface area contributed by atoms with Gasteiger partial charge in [0, 0.05) is 32.7 Å². The zero-order valence-corrected chi connectivity index (χ0v) is 15.1. The Labute approximate surface area is 158 Å². The lowest BCUT2D eigenvalue weighted by Crippen LogP contribution is -2.51. The highest BCUT2D eigenvalue weighted by Gasteiger charge is 2.19. The molecule has 1 aliphatic rings. The molecule has 0 spiro atoms. The molecule has 1 heterocycles. The minimum Gasteiger partial charge on any atom is -0.507 e. The van der Waals surface area contributed by atoms with E-state index in [1.165, 1.54) is 17.7 Å². The van der Waals surface area contributed by atoms with Crippen molar-refractivity contribution in [3.05, 3.63) is 65.7 Å². The van der Waals surface area contributed by atoms with Gasteiger partial charge in [-0.3, -0.25) is 30.2 Å². The monoisotopic (exact) mass is 368 g/mol. The fourth-order valence-corrected chi connectivity index (χ4v) is 3.05. The third-order valence-electron chi connectivity index (χ3n) is 4.55. The Hall–Kier alpha value is -2.90. The number of carbonyl (C=O) groups excluding carboxylic acids is 2. The molecule has 2 amide bonds. The molecule has 1 fully saturated rings. The summed E-state index contributed by atoms with van der Waals surface area (Å²) in [5, 5.41) is 9.65. The van der Waals surface area contributed by atoms with Gasteiger partial charge in [-0.05, 0) is 17.7 Å². The number of hydrogen-bond acceptors (Lipinski definition) is 5. The van der Waals surface area contributed by atoms with E-state index in [0.717, 1.165) is 32.7 Å². The molecule has 2 aromatic rings. The Bertz CT molecular complexity index is 774. The van der Waals surface area contributed by atoms with Gasteiger partial charge in [0.15, 0.2) is 0 Å². The number of nitrogens with zero attached hydrogens (tertiary/aromatic N) is 2. The lowest BCUT2D eigenvalue weighted by Gasteiger charge is -2.34. The SMILES string of the molecule is O=C(CN1CCN(Cc2ccccc2)CC1)NNC(=O)c1ccccc1O. The Morgan fingerprint density at radius 2 is 1.48 bits per heavy atom. The van der Waals surface area contributed by atoms with Gasteiger partial charge in [0.25, 0.3) is 11.8 Å². The largest absolute Gasteiger partial charge is 0.507 e. The van der Waals surface area contributed by atoms with Gasteiger partial charge in [-0.1, -0.05) is 42.5 Å². The van der Waals surface area contributed by atoms with E-state index in [-0.39, 0.29) is 23.8 Å². The number of phenolic OH excluding ortho intramolecular Hbond substituents is 1. The van der Waals surface area contributed by atoms with Crippen molar-refractivity contribution in [1.29, 1.82) is 0 Å². The summed E-state index contributed by atoms with van der Waals surface area (Å²) in [5.74, 6) is -0.955. The zero-order chi connectivity index (χ0) is 19.1. The average Bonchev–Trinajstić information content (AvgIpc) is 2.69. The molecule has 1 saturated heterocycles. The molecule has 1 aliphatic heterocycles. The summed E-state index contributed by atoms with van der Waals surface area (Å²) in [4.78, 5) is 28.5. The van der Waals surface area contributed by atoms with Gasteiger partial charge in [-0.15, -0.1) is 0 Å². The highest BCUT2D eigenvalue weighted by molar-refractivity contribution is 5.97. The molecule has 0 aromatic heterocycles. The molecular weight excluding hydrogens is 344 g/mol. The molecule has 3 N–H and O–H groups in total. The van der Waals surface area contributed by atoms with Crippen molar-refractivity contribution in [2.45, 2.75) is 6.54 Å². The van der Waals surface area contributed by atoms with Crippen LogP contribution in [0.15, 0.2) is 54.6 Å². The number of rotatable bonds is 5. The van der Waals surface area contributed by atoms with Crippen molar-refractivity contribution in [3.63, 3.8) is 0 Å². The van der Waals surface area contributed by atoms with E-state index in [2.05, 4.69) is 32.8 Å². The molecule has 2 aromatic carbocycles. The summed E-state index contributed by atoms with van der Waals surface area (Å²) < 4.78 is 0. The summed E-state index contributed by atoms with van der Waals surface area (Å²) in [6, 6.07) is 16.5. The second-order valence-electron chi connectivity index (χ2n) is 6.56. The third kappa shape index (κ3) is 5.54. The molecule has 3 rings (SSSR count). The Morgan fingerprint density at radius 1 is 0.852 bits per heavy atom. The van der Waals surface area contributed by atoms with E-state index in [0.29, 0.717) is 0 Å². The van der Waals surface area contributed by atoms with E-state index in [1.54, 1.807) is 12.1 Å². The second kappa shape index (κ2) is 9.16. The molecule has 0 radical (unpaired) electrons. The predicted octanol–water partition coefficient (Wildman–Crippen LogP) is 0.971. The number of hydrogen-bond donors (Lipinski definition) is 3. The number of nitrogens with one attached hydrogen (secondary N) is 2. The van der Waals surface area contributed by atoms with Crippen molar-refractivity contribution in [2.75, 3.05) is 32.7 Å². The number of phenols is 1. The Balaban J connectivity index is 1.38. The average molecular weight is 368 g/mol. The molecule has 27 heavy (non-hydrogen) atoms. The van der Waals surface area contributed by atoms with Gasteiger partial charge in [0.2, 0.25) is 0 Å². The van der Waals surface area contributed by atoms with Gasteiger partial charge < -0.3 is 5.11 Å². The van der Waals surface area contributed by atoms with Crippen LogP contribution in [0.2, 0.25) is 0 Å². The van der Waals surface area contributed by atoms with E-state index in [1.807, 2.05) is 18.2 Å². The fourth-order valence-electron chi connectivity index (χ4n) is 3.05. The fraction of sp³-hybridized carbons (Fsp3) is 0.300. The van der Waals surface area contributed by atoms with Crippen molar-refractivity contribution in [1.82, 2.24) is 20.7 Å². The topological polar surface area (TPSA) is 84.9 Å². The van der Waals surface area contributed by atoms with Crippen LogP contribution in [0.1, 0.15) is 15.9 Å². The quantitative estimate of drug-likeness (QED) is 0.685. The molecule has 0 bridgehead atoms. The van der Waals surface area contributed by atoms with Crippen molar-refractivity contribution in [2.24, 2.45) is 0 Å². The lowest BCUT2D eigenvalue weighted by molar-refractivity contribution is -0.123. The molecule has 0 unspecified atom stereocenters. The van der Waals surface area contributed by atoms with Crippen molar-refractivity contribution >= 4 is 11.8 Å². The van der Waals surface area contributed by atoms with Crippen LogP contribution in [0, 0.1) is 0 Å². The Morgan fingerprint density at radius 3 is 2.19 bits per heavy atom. The van der Waals surface area contributed by atoms with Crippen LogP contribution in [0.25, 0.3) is 0 Å². The first-order chi connectivity index (χ1) is 13.1. The van der Waals surface area contributed by atoms with Gasteiger partial charge in [0.1, 0.15) is 5.75 Å². The summed E-state index contributed by atoms with van der Waals surface area (Å²) in [5.41, 5.74) is 6.14. The van der Waals surface area contributed by atoms with E-state index in [9.17, 15) is 14.7 Å². The van der Waals surface area contributed by atoms with Crippen LogP contribution < -0.4 is 10.9 Å². The van der Waals surface area contributed by atoms with Crippen molar-refractivity contribution in [3.8, 4) is 5.75 Å². The predicted molar refractivity (Wildman–Crippen MR) is 102 cm³/mol. The summed E-state index contributed by atoms with van der Waals surface area (Å²) >= 11 is 0. The molecule has 0 saturated carbocycles.